The van der Waals surface area contributed by atoms with Crippen molar-refractivity contribution in [2.75, 3.05) is 18.1 Å². The van der Waals surface area contributed by atoms with Gasteiger partial charge in [-0.15, -0.1) is 0 Å². The van der Waals surface area contributed by atoms with Crippen LogP contribution in [-0.2, 0) is 4.79 Å². The molecule has 2 fully saturated rings. The van der Waals surface area contributed by atoms with Gasteiger partial charge in [0, 0.05) is 24.9 Å². The maximum atomic E-state index is 11.3. The molecule has 68 valence electrons. The summed E-state index contributed by atoms with van der Waals surface area (Å²) in [7, 11) is 0. The van der Waals surface area contributed by atoms with Gasteiger partial charge in [0.25, 0.3) is 0 Å². The van der Waals surface area contributed by atoms with Crippen LogP contribution in [0.3, 0.4) is 0 Å². The first-order valence-electron chi connectivity index (χ1n) is 4.65. The normalized spacial score (nSPS) is 29.2. The van der Waals surface area contributed by atoms with Gasteiger partial charge in [-0.2, -0.15) is 11.8 Å². The molecule has 0 unspecified atom stereocenters. The molecule has 2 rings (SSSR count). The van der Waals surface area contributed by atoms with E-state index in [9.17, 15) is 4.79 Å². The summed E-state index contributed by atoms with van der Waals surface area (Å²) >= 11 is 2.01. The summed E-state index contributed by atoms with van der Waals surface area (Å²) < 4.78 is 0. The molecule has 2 aliphatic rings. The summed E-state index contributed by atoms with van der Waals surface area (Å²) in [5.74, 6) is 2.90. The predicted octanol–water partition coefficient (Wildman–Crippen LogP) is 1.20. The monoisotopic (exact) mass is 185 g/mol. The number of carbonyl (C=O) groups is 1. The summed E-state index contributed by atoms with van der Waals surface area (Å²) in [5, 5.41) is 3.53. The Bertz CT molecular complexity index is 181. The Hall–Kier alpha value is -0.0200. The number of thioether (sulfide) groups is 1. The molecule has 2 aliphatic heterocycles. The van der Waals surface area contributed by atoms with Gasteiger partial charge >= 0.3 is 0 Å². The lowest BCUT2D eigenvalue weighted by atomic mass is 9.83. The standard InChI is InChI=1S/C9H15NOS/c11-8-1-4-10-9(7-8)2-5-12-6-3-9/h10H,1-7H2. The number of hydrogen-bond donors (Lipinski definition) is 1. The van der Waals surface area contributed by atoms with E-state index in [4.69, 9.17) is 0 Å². The van der Waals surface area contributed by atoms with Crippen molar-refractivity contribution in [2.45, 2.75) is 31.2 Å². The van der Waals surface area contributed by atoms with Gasteiger partial charge in [0.05, 0.1) is 0 Å². The van der Waals surface area contributed by atoms with E-state index in [1.54, 1.807) is 0 Å². The molecule has 2 nitrogen and oxygen atoms in total. The number of rotatable bonds is 0. The highest BCUT2D eigenvalue weighted by Gasteiger charge is 2.36. The van der Waals surface area contributed by atoms with Crippen LogP contribution >= 0.6 is 11.8 Å². The second-order valence-electron chi connectivity index (χ2n) is 3.78. The van der Waals surface area contributed by atoms with Gasteiger partial charge in [0.1, 0.15) is 5.78 Å². The zero-order chi connectivity index (χ0) is 8.44. The number of carbonyl (C=O) groups excluding carboxylic acids is 1. The van der Waals surface area contributed by atoms with Crippen LogP contribution in [0, 0.1) is 0 Å². The number of Topliss-reactive ketones (excluding diaryl/α,β-unsaturated/α-hetero) is 1. The Labute approximate surface area is 77.5 Å². The summed E-state index contributed by atoms with van der Waals surface area (Å²) in [6.07, 6.45) is 3.90. The van der Waals surface area contributed by atoms with E-state index in [1.165, 1.54) is 24.3 Å². The highest BCUT2D eigenvalue weighted by atomic mass is 32.2. The molecule has 2 heterocycles. The Balaban J connectivity index is 2.02. The van der Waals surface area contributed by atoms with Crippen molar-refractivity contribution >= 4 is 17.5 Å². The molecule has 3 heteroatoms. The highest BCUT2D eigenvalue weighted by Crippen LogP contribution is 2.32. The first-order valence-corrected chi connectivity index (χ1v) is 5.81. The molecule has 1 spiro atoms. The largest absolute Gasteiger partial charge is 0.310 e. The minimum atomic E-state index is 0.209. The third-order valence-electron chi connectivity index (χ3n) is 2.89. The van der Waals surface area contributed by atoms with Gasteiger partial charge in [-0.3, -0.25) is 4.79 Å². The molecule has 0 amide bonds. The molecule has 0 bridgehead atoms. The second-order valence-corrected chi connectivity index (χ2v) is 5.01. The lowest BCUT2D eigenvalue weighted by molar-refractivity contribution is -0.122. The number of nitrogens with one attached hydrogen (secondary N) is 1. The minimum absolute atomic E-state index is 0.209. The van der Waals surface area contributed by atoms with Crippen molar-refractivity contribution < 1.29 is 4.79 Å². The maximum Gasteiger partial charge on any atom is 0.136 e. The van der Waals surface area contributed by atoms with Crippen molar-refractivity contribution in [3.8, 4) is 0 Å². The number of hydrogen-bond acceptors (Lipinski definition) is 3. The van der Waals surface area contributed by atoms with Crippen LogP contribution in [0.2, 0.25) is 0 Å². The Morgan fingerprint density at radius 1 is 1.33 bits per heavy atom. The van der Waals surface area contributed by atoms with Crippen LogP contribution in [0.15, 0.2) is 0 Å². The van der Waals surface area contributed by atoms with Gasteiger partial charge in [-0.25, -0.2) is 0 Å². The molecule has 0 aliphatic carbocycles. The van der Waals surface area contributed by atoms with Crippen molar-refractivity contribution in [1.29, 1.82) is 0 Å². The van der Waals surface area contributed by atoms with E-state index in [2.05, 4.69) is 5.32 Å². The van der Waals surface area contributed by atoms with E-state index in [-0.39, 0.29) is 5.54 Å². The topological polar surface area (TPSA) is 29.1 Å². The Morgan fingerprint density at radius 2 is 2.08 bits per heavy atom. The van der Waals surface area contributed by atoms with Gasteiger partial charge in [-0.05, 0) is 24.3 Å². The summed E-state index contributed by atoms with van der Waals surface area (Å²) in [6.45, 7) is 0.906. The Kier molecular flexibility index (Phi) is 2.42. The smallest absolute Gasteiger partial charge is 0.136 e. The summed E-state index contributed by atoms with van der Waals surface area (Å²) in [4.78, 5) is 11.3. The van der Waals surface area contributed by atoms with Crippen LogP contribution in [0.25, 0.3) is 0 Å². The van der Waals surface area contributed by atoms with Crippen LogP contribution in [0.4, 0.5) is 0 Å². The Morgan fingerprint density at radius 3 is 2.75 bits per heavy atom. The molecule has 0 aromatic rings. The second kappa shape index (κ2) is 3.38. The SMILES string of the molecule is O=C1CCNC2(CCSCC2)C1. The minimum Gasteiger partial charge on any atom is -0.310 e. The molecule has 0 aromatic carbocycles. The van der Waals surface area contributed by atoms with E-state index in [0.717, 1.165) is 19.4 Å². The van der Waals surface area contributed by atoms with Gasteiger partial charge in [0.2, 0.25) is 0 Å². The average Bonchev–Trinajstić information content (AvgIpc) is 2.05. The fourth-order valence-corrected chi connectivity index (χ4v) is 3.39. The third kappa shape index (κ3) is 1.67. The molecule has 1 N–H and O–H groups in total. The van der Waals surface area contributed by atoms with Crippen molar-refractivity contribution in [3.63, 3.8) is 0 Å². The van der Waals surface area contributed by atoms with E-state index < -0.39 is 0 Å². The van der Waals surface area contributed by atoms with Crippen molar-refractivity contribution in [2.24, 2.45) is 0 Å². The molecular formula is C9H15NOS. The van der Waals surface area contributed by atoms with Crippen molar-refractivity contribution in [1.82, 2.24) is 5.32 Å². The molecule has 0 radical (unpaired) electrons. The maximum absolute atomic E-state index is 11.3. The zero-order valence-corrected chi connectivity index (χ0v) is 8.08. The van der Waals surface area contributed by atoms with Gasteiger partial charge in [-0.1, -0.05) is 0 Å². The quantitative estimate of drug-likeness (QED) is 0.615. The third-order valence-corrected chi connectivity index (χ3v) is 3.87. The van der Waals surface area contributed by atoms with Crippen LogP contribution in [0.5, 0.6) is 0 Å². The lowest BCUT2D eigenvalue weighted by Gasteiger charge is -2.40. The summed E-state index contributed by atoms with van der Waals surface area (Å²) in [6, 6.07) is 0. The predicted molar refractivity (Wildman–Crippen MR) is 51.5 cm³/mol. The lowest BCUT2D eigenvalue weighted by Crippen LogP contribution is -2.53. The fourth-order valence-electron chi connectivity index (χ4n) is 2.11. The van der Waals surface area contributed by atoms with E-state index in [0.29, 0.717) is 5.78 Å². The molecular weight excluding hydrogens is 170 g/mol. The van der Waals surface area contributed by atoms with Crippen LogP contribution in [-0.4, -0.2) is 29.4 Å². The van der Waals surface area contributed by atoms with Gasteiger partial charge in [0.15, 0.2) is 0 Å². The molecule has 0 saturated carbocycles. The molecule has 0 atom stereocenters. The summed E-state index contributed by atoms with van der Waals surface area (Å²) in [5.41, 5.74) is 0.209. The highest BCUT2D eigenvalue weighted by molar-refractivity contribution is 7.99. The number of ketones is 1. The van der Waals surface area contributed by atoms with Crippen molar-refractivity contribution in [3.05, 3.63) is 0 Å². The molecule has 0 aromatic heterocycles. The first-order chi connectivity index (χ1) is 5.81. The van der Waals surface area contributed by atoms with Crippen LogP contribution < -0.4 is 5.32 Å². The van der Waals surface area contributed by atoms with E-state index in [1.807, 2.05) is 11.8 Å². The first kappa shape index (κ1) is 8.57. The number of piperidine rings is 1. The van der Waals surface area contributed by atoms with Gasteiger partial charge < -0.3 is 5.32 Å². The van der Waals surface area contributed by atoms with Crippen LogP contribution in [0.1, 0.15) is 25.7 Å². The molecule has 2 saturated heterocycles. The fraction of sp³-hybridized carbons (Fsp3) is 0.889. The zero-order valence-electron chi connectivity index (χ0n) is 7.27. The van der Waals surface area contributed by atoms with E-state index >= 15 is 0 Å². The molecule has 12 heavy (non-hydrogen) atoms. The average molecular weight is 185 g/mol.